The van der Waals surface area contributed by atoms with Gasteiger partial charge in [-0.05, 0) is 0 Å². The van der Waals surface area contributed by atoms with Gasteiger partial charge in [0.15, 0.2) is 5.78 Å². The van der Waals surface area contributed by atoms with Crippen LogP contribution in [0.25, 0.3) is 0 Å². The van der Waals surface area contributed by atoms with E-state index in [9.17, 15) is 14.4 Å². The minimum atomic E-state index is -1.25. The third-order valence-corrected chi connectivity index (χ3v) is 1.99. The summed E-state index contributed by atoms with van der Waals surface area (Å²) in [6, 6.07) is 0. The van der Waals surface area contributed by atoms with Crippen molar-refractivity contribution in [2.45, 2.75) is 6.42 Å². The zero-order chi connectivity index (χ0) is 10.0. The first-order valence-corrected chi connectivity index (χ1v) is 3.75. The number of aliphatic carboxylic acids is 1. The summed E-state index contributed by atoms with van der Waals surface area (Å²) in [5.74, 6) is -2.84. The number of piperidine rings is 1. The number of Topliss-reactive ketones (excluding diaryl/α,β-unsaturated/α-hetero) is 1. The molecule has 72 valence electrons. The summed E-state index contributed by atoms with van der Waals surface area (Å²) in [4.78, 5) is 32.9. The zero-order valence-corrected chi connectivity index (χ0v) is 6.77. The minimum absolute atomic E-state index is 0.0106. The van der Waals surface area contributed by atoms with Crippen LogP contribution >= 0.6 is 0 Å². The standard InChI is InChI=1S/C7H9NO5/c9-5-1-2-8(7(12)13)3-4(5)6(10)11/h4H,1-3H2,(H,10,11)(H,12,13). The Hall–Kier alpha value is -1.59. The molecule has 1 unspecified atom stereocenters. The van der Waals surface area contributed by atoms with Crippen LogP contribution in [0.2, 0.25) is 0 Å². The third-order valence-electron chi connectivity index (χ3n) is 1.99. The molecule has 1 atom stereocenters. The van der Waals surface area contributed by atoms with E-state index in [0.29, 0.717) is 0 Å². The number of nitrogens with zero attached hydrogens (tertiary/aromatic N) is 1. The zero-order valence-electron chi connectivity index (χ0n) is 6.77. The van der Waals surface area contributed by atoms with E-state index in [1.165, 1.54) is 0 Å². The average Bonchev–Trinajstić information content (AvgIpc) is 2.04. The van der Waals surface area contributed by atoms with E-state index in [1.54, 1.807) is 0 Å². The Morgan fingerprint density at radius 2 is 2.00 bits per heavy atom. The lowest BCUT2D eigenvalue weighted by Gasteiger charge is -2.27. The maximum atomic E-state index is 11.0. The maximum Gasteiger partial charge on any atom is 0.407 e. The normalized spacial score (nSPS) is 22.9. The lowest BCUT2D eigenvalue weighted by atomic mass is 9.97. The fraction of sp³-hybridized carbons (Fsp3) is 0.571. The third kappa shape index (κ3) is 1.95. The van der Waals surface area contributed by atoms with Gasteiger partial charge < -0.3 is 15.1 Å². The fourth-order valence-corrected chi connectivity index (χ4v) is 1.22. The number of rotatable bonds is 1. The molecule has 6 heteroatoms. The molecule has 0 aromatic carbocycles. The molecule has 0 radical (unpaired) electrons. The molecule has 1 fully saturated rings. The molecule has 1 amide bonds. The van der Waals surface area contributed by atoms with E-state index in [1.807, 2.05) is 0 Å². The van der Waals surface area contributed by atoms with Crippen molar-refractivity contribution in [3.8, 4) is 0 Å². The van der Waals surface area contributed by atoms with E-state index in [0.717, 1.165) is 4.90 Å². The van der Waals surface area contributed by atoms with Crippen molar-refractivity contribution >= 4 is 17.8 Å². The summed E-state index contributed by atoms with van der Waals surface area (Å²) in [7, 11) is 0. The van der Waals surface area contributed by atoms with Gasteiger partial charge in [-0.25, -0.2) is 4.79 Å². The van der Waals surface area contributed by atoms with Gasteiger partial charge in [-0.1, -0.05) is 0 Å². The predicted octanol–water partition coefficient (Wildman–Crippen LogP) is -0.360. The highest BCUT2D eigenvalue weighted by Crippen LogP contribution is 2.13. The van der Waals surface area contributed by atoms with Crippen LogP contribution in [-0.2, 0) is 9.59 Å². The number of hydrogen-bond donors (Lipinski definition) is 2. The highest BCUT2D eigenvalue weighted by Gasteiger charge is 2.34. The SMILES string of the molecule is O=C(O)C1CN(C(=O)O)CCC1=O. The molecule has 1 saturated heterocycles. The second kappa shape index (κ2) is 3.42. The second-order valence-electron chi connectivity index (χ2n) is 2.84. The molecule has 6 nitrogen and oxygen atoms in total. The molecular weight excluding hydrogens is 178 g/mol. The van der Waals surface area contributed by atoms with Gasteiger partial charge in [-0.2, -0.15) is 0 Å². The van der Waals surface area contributed by atoms with Gasteiger partial charge in [-0.15, -0.1) is 0 Å². The van der Waals surface area contributed by atoms with Crippen molar-refractivity contribution < 1.29 is 24.6 Å². The quantitative estimate of drug-likeness (QED) is 0.546. The van der Waals surface area contributed by atoms with Crippen molar-refractivity contribution in [2.75, 3.05) is 13.1 Å². The molecule has 1 aliphatic heterocycles. The molecule has 0 aliphatic carbocycles. The van der Waals surface area contributed by atoms with Crippen LogP contribution in [-0.4, -0.2) is 46.0 Å². The Balaban J connectivity index is 2.68. The van der Waals surface area contributed by atoms with Crippen LogP contribution in [0.3, 0.4) is 0 Å². The number of carbonyl (C=O) groups excluding carboxylic acids is 1. The van der Waals surface area contributed by atoms with Crippen molar-refractivity contribution in [2.24, 2.45) is 5.92 Å². The molecular formula is C7H9NO5. The summed E-state index contributed by atoms with van der Waals surface area (Å²) in [5.41, 5.74) is 0. The molecule has 0 aromatic heterocycles. The van der Waals surface area contributed by atoms with Gasteiger partial charge in [-0.3, -0.25) is 9.59 Å². The topological polar surface area (TPSA) is 94.9 Å². The lowest BCUT2D eigenvalue weighted by Crippen LogP contribution is -2.46. The van der Waals surface area contributed by atoms with Gasteiger partial charge in [0.2, 0.25) is 0 Å². The van der Waals surface area contributed by atoms with Gasteiger partial charge in [0.25, 0.3) is 0 Å². The van der Waals surface area contributed by atoms with Crippen LogP contribution in [0.4, 0.5) is 4.79 Å². The Bertz CT molecular complexity index is 262. The Morgan fingerprint density at radius 1 is 1.38 bits per heavy atom. The van der Waals surface area contributed by atoms with E-state index in [-0.39, 0.29) is 19.5 Å². The van der Waals surface area contributed by atoms with Gasteiger partial charge in [0, 0.05) is 19.5 Å². The molecule has 1 aliphatic rings. The van der Waals surface area contributed by atoms with Gasteiger partial charge >= 0.3 is 12.1 Å². The minimum Gasteiger partial charge on any atom is -0.481 e. The lowest BCUT2D eigenvalue weighted by molar-refractivity contribution is -0.148. The van der Waals surface area contributed by atoms with Crippen molar-refractivity contribution in [3.63, 3.8) is 0 Å². The first-order chi connectivity index (χ1) is 6.02. The van der Waals surface area contributed by atoms with Crippen LogP contribution in [0.5, 0.6) is 0 Å². The summed E-state index contributed by atoms with van der Waals surface area (Å²) >= 11 is 0. The Labute approximate surface area is 73.8 Å². The smallest absolute Gasteiger partial charge is 0.407 e. The average molecular weight is 187 g/mol. The fourth-order valence-electron chi connectivity index (χ4n) is 1.22. The number of amides is 1. The number of carbonyl (C=O) groups is 3. The molecule has 0 saturated carbocycles. The first kappa shape index (κ1) is 9.50. The molecule has 1 rings (SSSR count). The van der Waals surface area contributed by atoms with Crippen LogP contribution in [0, 0.1) is 5.92 Å². The number of carboxylic acids is 1. The second-order valence-corrected chi connectivity index (χ2v) is 2.84. The molecule has 0 spiro atoms. The first-order valence-electron chi connectivity index (χ1n) is 3.75. The highest BCUT2D eigenvalue weighted by molar-refractivity contribution is 5.99. The summed E-state index contributed by atoms with van der Waals surface area (Å²) in [5, 5.41) is 17.1. The predicted molar refractivity (Wildman–Crippen MR) is 40.3 cm³/mol. The maximum absolute atomic E-state index is 11.0. The summed E-state index contributed by atoms with van der Waals surface area (Å²) in [6.45, 7) is -0.137. The van der Waals surface area contributed by atoms with Gasteiger partial charge in [0.05, 0.1) is 0 Å². The van der Waals surface area contributed by atoms with Crippen molar-refractivity contribution in [3.05, 3.63) is 0 Å². The van der Waals surface area contributed by atoms with E-state index in [2.05, 4.69) is 0 Å². The van der Waals surface area contributed by atoms with Crippen molar-refractivity contribution in [1.82, 2.24) is 4.90 Å². The Kier molecular flexibility index (Phi) is 2.50. The van der Waals surface area contributed by atoms with E-state index < -0.39 is 23.8 Å². The number of ketones is 1. The van der Waals surface area contributed by atoms with Gasteiger partial charge in [0.1, 0.15) is 5.92 Å². The molecule has 0 aromatic rings. The van der Waals surface area contributed by atoms with Crippen LogP contribution in [0.1, 0.15) is 6.42 Å². The van der Waals surface area contributed by atoms with E-state index >= 15 is 0 Å². The molecule has 1 heterocycles. The molecule has 0 bridgehead atoms. The largest absolute Gasteiger partial charge is 0.481 e. The number of hydrogen-bond acceptors (Lipinski definition) is 3. The molecule has 13 heavy (non-hydrogen) atoms. The van der Waals surface area contributed by atoms with E-state index in [4.69, 9.17) is 10.2 Å². The Morgan fingerprint density at radius 3 is 2.46 bits per heavy atom. The summed E-state index contributed by atoms with van der Waals surface area (Å²) in [6.07, 6.45) is -1.19. The van der Waals surface area contributed by atoms with Crippen molar-refractivity contribution in [1.29, 1.82) is 0 Å². The highest BCUT2D eigenvalue weighted by atomic mass is 16.4. The summed E-state index contributed by atoms with van der Waals surface area (Å²) < 4.78 is 0. The van der Waals surface area contributed by atoms with Crippen LogP contribution < -0.4 is 0 Å². The monoisotopic (exact) mass is 187 g/mol. The van der Waals surface area contributed by atoms with Crippen LogP contribution in [0.15, 0.2) is 0 Å². The molecule has 2 N–H and O–H groups in total. The number of carboxylic acid groups (broad SMARTS) is 2. The number of likely N-dealkylation sites (tertiary alicyclic amines) is 1.